The van der Waals surface area contributed by atoms with Crippen molar-refractivity contribution in [2.75, 3.05) is 18.4 Å². The average Bonchev–Trinajstić information content (AvgIpc) is 3.20. The van der Waals surface area contributed by atoms with Crippen LogP contribution in [0.2, 0.25) is 5.88 Å². The Hall–Kier alpha value is -2.34. The van der Waals surface area contributed by atoms with Crippen LogP contribution in [0.5, 0.6) is 0 Å². The fourth-order valence-corrected chi connectivity index (χ4v) is 3.10. The first kappa shape index (κ1) is 8.78. The molecular formula is C18H16ClFN6S. The summed E-state index contributed by atoms with van der Waals surface area (Å²) in [6.45, 7) is -7.45. The van der Waals surface area contributed by atoms with Crippen LogP contribution in [0.3, 0.4) is 0 Å². The lowest BCUT2D eigenvalue weighted by Gasteiger charge is -2.32. The number of anilines is 1. The molecule has 1 atom stereocenters. The second-order valence-corrected chi connectivity index (χ2v) is 6.69. The molecule has 1 fully saturated rings. The van der Waals surface area contributed by atoms with E-state index in [9.17, 15) is 9.65 Å². The maximum absolute atomic E-state index is 14.3. The van der Waals surface area contributed by atoms with Gasteiger partial charge in [0.1, 0.15) is 29.9 Å². The van der Waals surface area contributed by atoms with Gasteiger partial charge in [0.25, 0.3) is 0 Å². The molecule has 1 unspecified atom stereocenters. The number of fused-ring (bicyclic) bond motifs is 1. The van der Waals surface area contributed by atoms with Crippen molar-refractivity contribution in [3.05, 3.63) is 45.8 Å². The number of hydrogen-bond acceptors (Lipinski definition) is 7. The zero-order valence-corrected chi connectivity index (χ0v) is 14.8. The number of benzene rings is 1. The summed E-state index contributed by atoms with van der Waals surface area (Å²) < 4.78 is 115. The number of aromatic nitrogens is 3. The summed E-state index contributed by atoms with van der Waals surface area (Å²) in [4.78, 5) is 11.9. The molecule has 1 aromatic carbocycles. The van der Waals surface area contributed by atoms with Gasteiger partial charge >= 0.3 is 0 Å². The third-order valence-corrected chi connectivity index (χ3v) is 4.43. The Morgan fingerprint density at radius 2 is 2.52 bits per heavy atom. The van der Waals surface area contributed by atoms with Crippen LogP contribution in [0.1, 0.15) is 39.0 Å². The third kappa shape index (κ3) is 4.00. The Morgan fingerprint density at radius 3 is 3.37 bits per heavy atom. The maximum atomic E-state index is 14.3. The Bertz CT molecular complexity index is 1550. The molecule has 6 nitrogen and oxygen atoms in total. The number of piperidine rings is 1. The summed E-state index contributed by atoms with van der Waals surface area (Å²) in [6, 6.07) is -4.91. The van der Waals surface area contributed by atoms with Gasteiger partial charge in [-0.15, -0.1) is 0 Å². The number of nitrogens with one attached hydrogen (secondary N) is 1. The monoisotopic (exact) mass is 414 g/mol. The molecule has 138 valence electrons. The topological polar surface area (TPSA) is 77.7 Å². The molecule has 3 heterocycles. The Balaban J connectivity index is 1.84. The predicted molar refractivity (Wildman–Crippen MR) is 103 cm³/mol. The number of halogens is 2. The van der Waals surface area contributed by atoms with Gasteiger partial charge in [-0.3, -0.25) is 4.90 Å². The predicted octanol–water partition coefficient (Wildman–Crippen LogP) is 3.83. The number of rotatable bonds is 4. The highest BCUT2D eigenvalue weighted by Gasteiger charge is 2.21. The summed E-state index contributed by atoms with van der Waals surface area (Å²) in [5.74, 6) is -2.02. The van der Waals surface area contributed by atoms with E-state index < -0.39 is 85.5 Å². The largest absolute Gasteiger partial charge is 0.365 e. The fourth-order valence-electron chi connectivity index (χ4n) is 2.18. The number of nitriles is 1. The highest BCUT2D eigenvalue weighted by Crippen LogP contribution is 2.28. The normalized spacial score (nSPS) is 31.1. The number of thiazole rings is 1. The van der Waals surface area contributed by atoms with E-state index in [1.165, 1.54) is 6.07 Å². The first-order valence-corrected chi connectivity index (χ1v) is 8.61. The Kier molecular flexibility index (Phi) is 2.51. The van der Waals surface area contributed by atoms with Crippen molar-refractivity contribution in [2.24, 2.45) is 0 Å². The Labute approximate surface area is 181 Å². The van der Waals surface area contributed by atoms with Crippen LogP contribution < -0.4 is 5.31 Å². The van der Waals surface area contributed by atoms with Gasteiger partial charge in [-0.05, 0) is 30.4 Å². The standard InChI is InChI=1S/C18H16ClFN6S/c19-18-25-15-16(22-10-23-17(15)27-18)24-13-3-5-26(6-4-13)9-11-1-2-14(20)12(7-11)8-21/h1-2,7,10,13H,3-6,9H2,(H,22,23,24)/i1D,2D,3D2,5D2,7D,9D2,10D,13D/hD. The number of hydrogen-bond donors (Lipinski definition) is 1. The minimum Gasteiger partial charge on any atom is -0.365 e. The van der Waals surface area contributed by atoms with E-state index in [-0.39, 0.29) is 25.0 Å². The molecule has 1 aliphatic rings. The van der Waals surface area contributed by atoms with Crippen molar-refractivity contribution >= 4 is 39.1 Å². The minimum absolute atomic E-state index is 0.0397. The summed E-state index contributed by atoms with van der Waals surface area (Å²) >= 11 is 6.75. The van der Waals surface area contributed by atoms with Crippen molar-refractivity contribution in [1.82, 2.24) is 19.9 Å². The molecule has 0 aliphatic carbocycles. The number of likely N-dealkylation sites (tertiary alicyclic amines) is 1. The van der Waals surface area contributed by atoms with Gasteiger partial charge in [0, 0.05) is 33.8 Å². The van der Waals surface area contributed by atoms with Crippen LogP contribution in [0.25, 0.3) is 10.3 Å². The van der Waals surface area contributed by atoms with Gasteiger partial charge in [0.15, 0.2) is 11.7 Å². The quantitative estimate of drug-likeness (QED) is 0.699. The van der Waals surface area contributed by atoms with Gasteiger partial charge in [0.2, 0.25) is 0 Å². The van der Waals surface area contributed by atoms with Crippen LogP contribution in [0.4, 0.5) is 10.2 Å². The molecule has 0 bridgehead atoms. The summed E-state index contributed by atoms with van der Waals surface area (Å²) in [6.07, 6.45) is -4.77. The van der Waals surface area contributed by atoms with Gasteiger partial charge in [-0.2, -0.15) is 5.26 Å². The molecule has 9 heteroatoms. The van der Waals surface area contributed by atoms with Crippen LogP contribution in [-0.4, -0.2) is 38.9 Å². The summed E-state index contributed by atoms with van der Waals surface area (Å²) in [5, 5.41) is 9.45. The van der Waals surface area contributed by atoms with Gasteiger partial charge in [0.05, 0.1) is 11.0 Å². The van der Waals surface area contributed by atoms with E-state index in [0.717, 1.165) is 11.3 Å². The SMILES string of the molecule is [2H]c1nc(N([2H])C2([2H])CCN(C([2H])([2H])c3c([2H])c([2H])c(F)c(C#N)c3[2H])C([2H])([2H])C2([2H])[2H])c2nc(Cl)sc2n1. The summed E-state index contributed by atoms with van der Waals surface area (Å²) in [7, 11) is 0. The highest BCUT2D eigenvalue weighted by atomic mass is 35.5. The second-order valence-electron chi connectivity index (χ2n) is 5.13. The maximum Gasteiger partial charge on any atom is 0.186 e. The smallest absolute Gasteiger partial charge is 0.186 e. The van der Waals surface area contributed by atoms with Crippen molar-refractivity contribution in [3.8, 4) is 6.07 Å². The molecule has 27 heavy (non-hydrogen) atoms. The Morgan fingerprint density at radius 1 is 1.63 bits per heavy atom. The van der Waals surface area contributed by atoms with E-state index in [1.807, 2.05) is 0 Å². The van der Waals surface area contributed by atoms with Crippen LogP contribution >= 0.6 is 22.9 Å². The highest BCUT2D eigenvalue weighted by molar-refractivity contribution is 7.21. The zero-order valence-electron chi connectivity index (χ0n) is 25.3. The molecule has 2 aromatic heterocycles. The lowest BCUT2D eigenvalue weighted by Crippen LogP contribution is -2.38. The first-order chi connectivity index (χ1) is 17.8. The molecular weight excluding hydrogens is 387 g/mol. The van der Waals surface area contributed by atoms with Crippen LogP contribution in [0.15, 0.2) is 24.4 Å². The second kappa shape index (κ2) is 7.72. The number of nitrogens with zero attached hydrogens (tertiary/aromatic N) is 5. The molecule has 1 aliphatic heterocycles. The lowest BCUT2D eigenvalue weighted by atomic mass is 10.0. The van der Waals surface area contributed by atoms with Gasteiger partial charge < -0.3 is 5.31 Å². The molecule has 1 N–H and O–H groups in total. The van der Waals surface area contributed by atoms with Crippen LogP contribution in [0, 0.1) is 17.1 Å². The zero-order chi connectivity index (χ0) is 29.5. The van der Waals surface area contributed by atoms with E-state index in [0.29, 0.717) is 0 Å². The molecule has 4 rings (SSSR count). The molecule has 0 spiro atoms. The average molecular weight is 415 g/mol. The molecule has 3 aromatic rings. The van der Waals surface area contributed by atoms with Crippen molar-refractivity contribution in [3.63, 3.8) is 0 Å². The van der Waals surface area contributed by atoms with Gasteiger partial charge in [-0.25, -0.2) is 19.3 Å². The molecule has 0 amide bonds. The van der Waals surface area contributed by atoms with Crippen molar-refractivity contribution in [1.29, 1.82) is 5.26 Å². The molecule has 0 saturated carbocycles. The van der Waals surface area contributed by atoms with E-state index in [4.69, 9.17) is 28.1 Å². The molecule has 1 saturated heterocycles. The lowest BCUT2D eigenvalue weighted by molar-refractivity contribution is 0.211. The van der Waals surface area contributed by atoms with Crippen molar-refractivity contribution < 1.29 is 20.9 Å². The van der Waals surface area contributed by atoms with E-state index in [1.54, 1.807) is 0 Å². The van der Waals surface area contributed by atoms with Gasteiger partial charge in [-0.1, -0.05) is 29.0 Å². The third-order valence-electron chi connectivity index (χ3n) is 3.38. The van der Waals surface area contributed by atoms with E-state index >= 15 is 0 Å². The van der Waals surface area contributed by atoms with Crippen LogP contribution in [-0.2, 0) is 6.50 Å². The summed E-state index contributed by atoms with van der Waals surface area (Å²) in [5.41, 5.74) is -2.20. The molecule has 0 radical (unpaired) electrons. The minimum atomic E-state index is -3.44. The van der Waals surface area contributed by atoms with E-state index in [2.05, 4.69) is 15.0 Å². The first-order valence-electron chi connectivity index (χ1n) is 13.4. The van der Waals surface area contributed by atoms with Crippen molar-refractivity contribution in [2.45, 2.75) is 25.3 Å². The fraction of sp³-hybridized carbons (Fsp3) is 0.333.